The molecule has 19 heavy (non-hydrogen) atoms. The van der Waals surface area contributed by atoms with Crippen molar-refractivity contribution in [2.75, 3.05) is 13.7 Å². The lowest BCUT2D eigenvalue weighted by Gasteiger charge is -2.06. The minimum Gasteiger partial charge on any atom is -0.469 e. The van der Waals surface area contributed by atoms with Gasteiger partial charge in [-0.05, 0) is 23.6 Å². The molecule has 5 nitrogen and oxygen atoms in total. The number of carbonyl (C=O) groups is 2. The third-order valence-electron chi connectivity index (χ3n) is 2.58. The topological polar surface area (TPSA) is 60.3 Å². The molecule has 0 unspecified atom stereocenters. The molecular weight excluding hydrogens is 264 g/mol. The van der Waals surface area contributed by atoms with Crippen LogP contribution in [0.25, 0.3) is 5.69 Å². The van der Waals surface area contributed by atoms with Crippen molar-refractivity contribution < 1.29 is 14.3 Å². The quantitative estimate of drug-likeness (QED) is 0.849. The van der Waals surface area contributed by atoms with Crippen molar-refractivity contribution in [2.24, 2.45) is 0 Å². The monoisotopic (exact) mass is 278 g/mol. The first-order valence-corrected chi connectivity index (χ1v) is 6.66. The van der Waals surface area contributed by atoms with Crippen LogP contribution in [0, 0.1) is 0 Å². The van der Waals surface area contributed by atoms with Crippen LogP contribution in [-0.2, 0) is 9.53 Å². The summed E-state index contributed by atoms with van der Waals surface area (Å²) in [5, 5.41) is 4.58. The Kier molecular flexibility index (Phi) is 4.35. The number of nitrogens with zero attached hydrogens (tertiary/aromatic N) is 1. The SMILES string of the molecule is COC(=O)CCNC(=O)c1sccc1-n1cccc1. The van der Waals surface area contributed by atoms with E-state index in [0.29, 0.717) is 4.88 Å². The van der Waals surface area contributed by atoms with Gasteiger partial charge in [-0.2, -0.15) is 0 Å². The van der Waals surface area contributed by atoms with E-state index in [9.17, 15) is 9.59 Å². The van der Waals surface area contributed by atoms with Crippen LogP contribution in [0.5, 0.6) is 0 Å². The molecule has 0 bridgehead atoms. The van der Waals surface area contributed by atoms with Crippen molar-refractivity contribution in [3.63, 3.8) is 0 Å². The molecule has 2 aromatic rings. The molecule has 0 atom stereocenters. The molecule has 0 aromatic carbocycles. The van der Waals surface area contributed by atoms with Crippen LogP contribution in [0.1, 0.15) is 16.1 Å². The highest BCUT2D eigenvalue weighted by molar-refractivity contribution is 7.12. The van der Waals surface area contributed by atoms with Gasteiger partial charge in [0.25, 0.3) is 5.91 Å². The van der Waals surface area contributed by atoms with Crippen molar-refractivity contribution in [3.05, 3.63) is 40.8 Å². The second-order valence-electron chi connectivity index (χ2n) is 3.81. The number of rotatable bonds is 5. The zero-order valence-corrected chi connectivity index (χ0v) is 11.3. The molecule has 6 heteroatoms. The lowest BCUT2D eigenvalue weighted by atomic mass is 10.3. The van der Waals surface area contributed by atoms with E-state index in [4.69, 9.17) is 0 Å². The van der Waals surface area contributed by atoms with E-state index in [0.717, 1.165) is 5.69 Å². The first-order chi connectivity index (χ1) is 9.22. The molecule has 0 radical (unpaired) electrons. The highest BCUT2D eigenvalue weighted by Gasteiger charge is 2.14. The molecule has 1 N–H and O–H groups in total. The minimum atomic E-state index is -0.336. The number of methoxy groups -OCH3 is 1. The summed E-state index contributed by atoms with van der Waals surface area (Å²) in [6, 6.07) is 5.69. The van der Waals surface area contributed by atoms with E-state index in [1.807, 2.05) is 40.5 Å². The Bertz CT molecular complexity index is 560. The maximum absolute atomic E-state index is 12.0. The number of carbonyl (C=O) groups excluding carboxylic acids is 2. The van der Waals surface area contributed by atoms with Crippen LogP contribution in [-0.4, -0.2) is 30.1 Å². The average molecular weight is 278 g/mol. The van der Waals surface area contributed by atoms with Gasteiger partial charge >= 0.3 is 5.97 Å². The predicted octanol–water partition coefficient (Wildman–Crippen LogP) is 1.83. The number of hydrogen-bond acceptors (Lipinski definition) is 4. The van der Waals surface area contributed by atoms with Crippen molar-refractivity contribution in [2.45, 2.75) is 6.42 Å². The van der Waals surface area contributed by atoms with Crippen LogP contribution in [0.2, 0.25) is 0 Å². The van der Waals surface area contributed by atoms with Crippen molar-refractivity contribution >= 4 is 23.2 Å². The largest absolute Gasteiger partial charge is 0.469 e. The smallest absolute Gasteiger partial charge is 0.307 e. The van der Waals surface area contributed by atoms with Gasteiger partial charge in [-0.25, -0.2) is 0 Å². The van der Waals surface area contributed by atoms with Gasteiger partial charge in [0, 0.05) is 18.9 Å². The zero-order valence-electron chi connectivity index (χ0n) is 10.5. The summed E-state index contributed by atoms with van der Waals surface area (Å²) in [7, 11) is 1.33. The first kappa shape index (κ1) is 13.4. The Balaban J connectivity index is 2.00. The Hall–Kier alpha value is -2.08. The summed E-state index contributed by atoms with van der Waals surface area (Å²) in [4.78, 5) is 23.6. The van der Waals surface area contributed by atoms with Gasteiger partial charge < -0.3 is 14.6 Å². The summed E-state index contributed by atoms with van der Waals surface area (Å²) < 4.78 is 6.39. The fraction of sp³-hybridized carbons (Fsp3) is 0.231. The molecule has 2 rings (SSSR count). The van der Waals surface area contributed by atoms with E-state index < -0.39 is 0 Å². The standard InChI is InChI=1S/C13H14N2O3S/c1-18-11(16)4-6-14-13(17)12-10(5-9-19-12)15-7-2-3-8-15/h2-3,5,7-9H,4,6H2,1H3,(H,14,17). The van der Waals surface area contributed by atoms with E-state index in [1.54, 1.807) is 0 Å². The maximum Gasteiger partial charge on any atom is 0.307 e. The summed E-state index contributed by atoms with van der Waals surface area (Å²) >= 11 is 1.37. The zero-order chi connectivity index (χ0) is 13.7. The van der Waals surface area contributed by atoms with Gasteiger partial charge in [-0.1, -0.05) is 0 Å². The number of aromatic nitrogens is 1. The number of thiophene rings is 1. The fourth-order valence-corrected chi connectivity index (χ4v) is 2.44. The molecule has 0 fully saturated rings. The van der Waals surface area contributed by atoms with Crippen molar-refractivity contribution in [3.8, 4) is 5.69 Å². The Morgan fingerprint density at radius 3 is 2.79 bits per heavy atom. The Morgan fingerprint density at radius 2 is 2.11 bits per heavy atom. The van der Waals surface area contributed by atoms with Crippen molar-refractivity contribution in [1.29, 1.82) is 0 Å². The summed E-state index contributed by atoms with van der Waals surface area (Å²) in [5.41, 5.74) is 0.838. The number of esters is 1. The van der Waals surface area contributed by atoms with E-state index in [-0.39, 0.29) is 24.8 Å². The van der Waals surface area contributed by atoms with E-state index in [1.165, 1.54) is 18.4 Å². The number of nitrogens with one attached hydrogen (secondary N) is 1. The van der Waals surface area contributed by atoms with E-state index in [2.05, 4.69) is 10.1 Å². The second-order valence-corrected chi connectivity index (χ2v) is 4.72. The van der Waals surface area contributed by atoms with Crippen LogP contribution in [0.15, 0.2) is 36.0 Å². The van der Waals surface area contributed by atoms with Gasteiger partial charge in [0.05, 0.1) is 19.2 Å². The number of ether oxygens (including phenoxy) is 1. The molecule has 1 amide bonds. The molecule has 0 saturated heterocycles. The average Bonchev–Trinajstić information content (AvgIpc) is 3.08. The normalized spacial score (nSPS) is 10.2. The molecule has 0 aliphatic rings. The van der Waals surface area contributed by atoms with Gasteiger partial charge in [0.2, 0.25) is 0 Å². The van der Waals surface area contributed by atoms with Gasteiger partial charge in [-0.3, -0.25) is 9.59 Å². The predicted molar refractivity (Wildman–Crippen MR) is 72.6 cm³/mol. The van der Waals surface area contributed by atoms with Gasteiger partial charge in [0.1, 0.15) is 4.88 Å². The summed E-state index contributed by atoms with van der Waals surface area (Å²) in [6.07, 6.45) is 3.94. The lowest BCUT2D eigenvalue weighted by molar-refractivity contribution is -0.140. The molecular formula is C13H14N2O3S. The van der Waals surface area contributed by atoms with Crippen LogP contribution >= 0.6 is 11.3 Å². The molecule has 0 aliphatic heterocycles. The minimum absolute atomic E-state index is 0.173. The third kappa shape index (κ3) is 3.23. The molecule has 0 saturated carbocycles. The van der Waals surface area contributed by atoms with Gasteiger partial charge in [0.15, 0.2) is 0 Å². The van der Waals surface area contributed by atoms with Crippen LogP contribution in [0.4, 0.5) is 0 Å². The van der Waals surface area contributed by atoms with Crippen LogP contribution < -0.4 is 5.32 Å². The van der Waals surface area contributed by atoms with Crippen LogP contribution in [0.3, 0.4) is 0 Å². The van der Waals surface area contributed by atoms with E-state index >= 15 is 0 Å². The Labute approximate surface area is 114 Å². The fourth-order valence-electron chi connectivity index (χ4n) is 1.63. The van der Waals surface area contributed by atoms with Crippen molar-refractivity contribution in [1.82, 2.24) is 9.88 Å². The number of hydrogen-bond donors (Lipinski definition) is 1. The maximum atomic E-state index is 12.0. The Morgan fingerprint density at radius 1 is 1.37 bits per heavy atom. The second kappa shape index (κ2) is 6.19. The molecule has 100 valence electrons. The first-order valence-electron chi connectivity index (χ1n) is 5.78. The molecule has 2 heterocycles. The summed E-state index contributed by atoms with van der Waals surface area (Å²) in [6.45, 7) is 0.272. The highest BCUT2D eigenvalue weighted by atomic mass is 32.1. The van der Waals surface area contributed by atoms with Gasteiger partial charge in [-0.15, -0.1) is 11.3 Å². The third-order valence-corrected chi connectivity index (χ3v) is 3.48. The number of amides is 1. The molecule has 0 aliphatic carbocycles. The summed E-state index contributed by atoms with van der Waals surface area (Å²) in [5.74, 6) is -0.514. The molecule has 2 aromatic heterocycles. The molecule has 0 spiro atoms. The lowest BCUT2D eigenvalue weighted by Crippen LogP contribution is -2.26. The highest BCUT2D eigenvalue weighted by Crippen LogP contribution is 2.21.